The first-order valence-electron chi connectivity index (χ1n) is 13.8. The molecule has 0 saturated carbocycles. The summed E-state index contributed by atoms with van der Waals surface area (Å²) in [7, 11) is -3.74. The van der Waals surface area contributed by atoms with Gasteiger partial charge in [0.1, 0.15) is 5.82 Å². The molecule has 2 amide bonds. The van der Waals surface area contributed by atoms with Crippen molar-refractivity contribution in [3.05, 3.63) is 59.7 Å². The summed E-state index contributed by atoms with van der Waals surface area (Å²) in [5.41, 5.74) is -0.280. The van der Waals surface area contributed by atoms with Gasteiger partial charge in [-0.2, -0.15) is 4.31 Å². The molecule has 0 atom stereocenters. The number of sulfonamides is 1. The lowest BCUT2D eigenvalue weighted by Gasteiger charge is -2.34. The molecule has 2 aliphatic heterocycles. The molecule has 1 N–H and O–H groups in total. The highest BCUT2D eigenvalue weighted by Gasteiger charge is 2.33. The molecule has 41 heavy (non-hydrogen) atoms. The Kier molecular flexibility index (Phi) is 9.98. The number of carbonyl (C=O) groups excluding carboxylic acids is 2. The smallest absolute Gasteiger partial charge is 0.254 e. The molecule has 0 bridgehead atoms. The van der Waals surface area contributed by atoms with Crippen LogP contribution in [0.4, 0.5) is 8.78 Å². The van der Waals surface area contributed by atoms with Gasteiger partial charge in [0, 0.05) is 49.3 Å². The van der Waals surface area contributed by atoms with Gasteiger partial charge in [0.05, 0.1) is 24.7 Å². The topological polar surface area (TPSA) is 105 Å². The van der Waals surface area contributed by atoms with Crippen molar-refractivity contribution in [1.29, 1.82) is 0 Å². The predicted molar refractivity (Wildman–Crippen MR) is 148 cm³/mol. The molecule has 0 unspecified atom stereocenters. The Labute approximate surface area is 239 Å². The molecule has 0 aliphatic carbocycles. The van der Waals surface area contributed by atoms with Crippen molar-refractivity contribution < 1.29 is 36.3 Å². The van der Waals surface area contributed by atoms with E-state index in [0.717, 1.165) is 12.1 Å². The zero-order valence-corrected chi connectivity index (χ0v) is 24.2. The summed E-state index contributed by atoms with van der Waals surface area (Å²) < 4.78 is 65.3. The SMILES string of the molecule is CC(C)(CCCOc1ccc(F)cc1F)C(=O)NC1CCN(S(=O)(=O)c2ccc(C(=O)N3CCOCC3)cc2)CC1. The van der Waals surface area contributed by atoms with Crippen molar-refractivity contribution in [2.24, 2.45) is 5.41 Å². The number of nitrogens with one attached hydrogen (secondary N) is 1. The van der Waals surface area contributed by atoms with Crippen LogP contribution in [0.2, 0.25) is 0 Å². The number of ether oxygens (including phenoxy) is 2. The number of nitrogens with zero attached hydrogens (tertiary/aromatic N) is 2. The van der Waals surface area contributed by atoms with Crippen LogP contribution < -0.4 is 10.1 Å². The van der Waals surface area contributed by atoms with E-state index in [2.05, 4.69) is 5.32 Å². The molecule has 2 aromatic rings. The van der Waals surface area contributed by atoms with Crippen LogP contribution in [0.5, 0.6) is 5.75 Å². The van der Waals surface area contributed by atoms with Gasteiger partial charge in [-0.05, 0) is 62.1 Å². The van der Waals surface area contributed by atoms with E-state index in [1.165, 1.54) is 22.5 Å². The van der Waals surface area contributed by atoms with Gasteiger partial charge in [-0.25, -0.2) is 17.2 Å². The van der Waals surface area contributed by atoms with Crippen LogP contribution in [0, 0.1) is 17.0 Å². The molecule has 0 aromatic heterocycles. The average molecular weight is 594 g/mol. The number of benzene rings is 2. The second-order valence-electron chi connectivity index (χ2n) is 11.0. The lowest BCUT2D eigenvalue weighted by atomic mass is 9.86. The third kappa shape index (κ3) is 7.81. The largest absolute Gasteiger partial charge is 0.491 e. The van der Waals surface area contributed by atoms with Crippen molar-refractivity contribution in [3.63, 3.8) is 0 Å². The highest BCUT2D eigenvalue weighted by Crippen LogP contribution is 2.26. The maximum absolute atomic E-state index is 13.7. The third-order valence-corrected chi connectivity index (χ3v) is 9.45. The second kappa shape index (κ2) is 13.3. The van der Waals surface area contributed by atoms with Crippen molar-refractivity contribution in [2.45, 2.75) is 50.5 Å². The highest BCUT2D eigenvalue weighted by atomic mass is 32.2. The van der Waals surface area contributed by atoms with Gasteiger partial charge in [0.15, 0.2) is 11.6 Å². The fraction of sp³-hybridized carbons (Fsp3) is 0.517. The van der Waals surface area contributed by atoms with Crippen molar-refractivity contribution in [3.8, 4) is 5.75 Å². The molecule has 2 fully saturated rings. The van der Waals surface area contributed by atoms with Crippen molar-refractivity contribution in [2.75, 3.05) is 46.0 Å². The Bertz CT molecular complexity index is 1320. The van der Waals surface area contributed by atoms with Crippen molar-refractivity contribution >= 4 is 21.8 Å². The molecule has 12 heteroatoms. The number of carbonyl (C=O) groups is 2. The third-order valence-electron chi connectivity index (χ3n) is 7.54. The number of hydrogen-bond donors (Lipinski definition) is 1. The monoisotopic (exact) mass is 593 g/mol. The Balaban J connectivity index is 1.23. The number of amides is 2. The van der Waals surface area contributed by atoms with E-state index in [0.29, 0.717) is 57.6 Å². The number of rotatable bonds is 10. The highest BCUT2D eigenvalue weighted by molar-refractivity contribution is 7.89. The molecule has 2 heterocycles. The predicted octanol–water partition coefficient (Wildman–Crippen LogP) is 3.59. The summed E-state index contributed by atoms with van der Waals surface area (Å²) in [5, 5.41) is 3.04. The zero-order chi connectivity index (χ0) is 29.6. The zero-order valence-electron chi connectivity index (χ0n) is 23.4. The van der Waals surface area contributed by atoms with Gasteiger partial charge >= 0.3 is 0 Å². The summed E-state index contributed by atoms with van der Waals surface area (Å²) in [6.45, 7) is 6.33. The van der Waals surface area contributed by atoms with Crippen LogP contribution in [-0.2, 0) is 19.6 Å². The first kappa shape index (κ1) is 30.9. The van der Waals surface area contributed by atoms with Crippen LogP contribution in [0.1, 0.15) is 49.9 Å². The average Bonchev–Trinajstić information content (AvgIpc) is 2.96. The molecule has 2 aliphatic rings. The fourth-order valence-corrected chi connectivity index (χ4v) is 6.36. The summed E-state index contributed by atoms with van der Waals surface area (Å²) in [4.78, 5) is 27.4. The first-order valence-corrected chi connectivity index (χ1v) is 15.3. The molecule has 9 nitrogen and oxygen atoms in total. The Morgan fingerprint density at radius 3 is 2.32 bits per heavy atom. The van der Waals surface area contributed by atoms with Crippen LogP contribution in [0.3, 0.4) is 0 Å². The maximum Gasteiger partial charge on any atom is 0.254 e. The minimum Gasteiger partial charge on any atom is -0.491 e. The van der Waals surface area contributed by atoms with Crippen LogP contribution >= 0.6 is 0 Å². The number of halogens is 2. The molecule has 0 radical (unpaired) electrons. The summed E-state index contributed by atoms with van der Waals surface area (Å²) in [6.07, 6.45) is 1.92. The molecule has 0 spiro atoms. The lowest BCUT2D eigenvalue weighted by molar-refractivity contribution is -0.130. The number of piperidine rings is 1. The maximum atomic E-state index is 13.7. The van der Waals surface area contributed by atoms with Gasteiger partial charge in [-0.3, -0.25) is 9.59 Å². The Morgan fingerprint density at radius 1 is 1.02 bits per heavy atom. The van der Waals surface area contributed by atoms with Gasteiger partial charge in [-0.1, -0.05) is 13.8 Å². The van der Waals surface area contributed by atoms with Crippen LogP contribution in [-0.4, -0.2) is 81.5 Å². The summed E-state index contributed by atoms with van der Waals surface area (Å²) in [6, 6.07) is 8.97. The Morgan fingerprint density at radius 2 is 1.68 bits per heavy atom. The van der Waals surface area contributed by atoms with Crippen molar-refractivity contribution in [1.82, 2.24) is 14.5 Å². The minimum atomic E-state index is -3.74. The number of hydrogen-bond acceptors (Lipinski definition) is 6. The van der Waals surface area contributed by atoms with Crippen LogP contribution in [0.15, 0.2) is 47.4 Å². The molecule has 4 rings (SSSR count). The molecule has 2 aromatic carbocycles. The molecular weight excluding hydrogens is 556 g/mol. The van der Waals surface area contributed by atoms with E-state index in [-0.39, 0.29) is 48.2 Å². The first-order chi connectivity index (χ1) is 19.5. The van der Waals surface area contributed by atoms with Gasteiger partial charge in [0.25, 0.3) is 5.91 Å². The normalized spacial score (nSPS) is 17.3. The van der Waals surface area contributed by atoms with Crippen LogP contribution in [0.25, 0.3) is 0 Å². The fourth-order valence-electron chi connectivity index (χ4n) is 4.89. The summed E-state index contributed by atoms with van der Waals surface area (Å²) >= 11 is 0. The molecular formula is C29H37F2N3O6S. The van der Waals surface area contributed by atoms with Gasteiger partial charge < -0.3 is 19.7 Å². The van der Waals surface area contributed by atoms with E-state index in [9.17, 15) is 26.8 Å². The Hall–Kier alpha value is -3.09. The summed E-state index contributed by atoms with van der Waals surface area (Å²) in [5.74, 6) is -1.78. The van der Waals surface area contributed by atoms with E-state index in [4.69, 9.17) is 9.47 Å². The van der Waals surface area contributed by atoms with E-state index in [1.807, 2.05) is 13.8 Å². The van der Waals surface area contributed by atoms with E-state index >= 15 is 0 Å². The second-order valence-corrected chi connectivity index (χ2v) is 12.9. The van der Waals surface area contributed by atoms with Gasteiger partial charge in [-0.15, -0.1) is 0 Å². The number of morpholine rings is 1. The van der Waals surface area contributed by atoms with E-state index in [1.54, 1.807) is 17.0 Å². The standard InChI is InChI=1S/C29H37F2N3O6S/c1-29(2,12-3-17-40-26-9-6-22(30)20-25(26)31)28(36)32-23-10-13-34(14-11-23)41(37,38)24-7-4-21(5-8-24)27(35)33-15-18-39-19-16-33/h4-9,20,23H,3,10-19H2,1-2H3,(H,32,36). The quantitative estimate of drug-likeness (QED) is 0.423. The molecule has 224 valence electrons. The lowest BCUT2D eigenvalue weighted by Crippen LogP contribution is -2.49. The van der Waals surface area contributed by atoms with Gasteiger partial charge in [0.2, 0.25) is 15.9 Å². The van der Waals surface area contributed by atoms with E-state index < -0.39 is 27.1 Å². The molecule has 2 saturated heterocycles. The minimum absolute atomic E-state index is 0.0345.